The monoisotopic (exact) mass is 335 g/mol. The highest BCUT2D eigenvalue weighted by Gasteiger charge is 2.13. The maximum atomic E-state index is 13.5. The molecule has 0 heterocycles. The van der Waals surface area contributed by atoms with Crippen molar-refractivity contribution in [2.45, 2.75) is 26.3 Å². The van der Waals surface area contributed by atoms with Crippen molar-refractivity contribution in [3.63, 3.8) is 0 Å². The largest absolute Gasteiger partial charge is 0.313 e. The highest BCUT2D eigenvalue weighted by atomic mass is 79.9. The summed E-state index contributed by atoms with van der Waals surface area (Å²) < 4.78 is 14.3. The van der Waals surface area contributed by atoms with Gasteiger partial charge in [-0.25, -0.2) is 4.39 Å². The molecule has 2 aromatic rings. The van der Waals surface area contributed by atoms with Crippen LogP contribution in [0.15, 0.2) is 40.9 Å². The molecule has 0 saturated heterocycles. The van der Waals surface area contributed by atoms with Crippen LogP contribution in [0.3, 0.4) is 0 Å². The van der Waals surface area contributed by atoms with Crippen molar-refractivity contribution in [3.05, 3.63) is 68.9 Å². The standard InChI is InChI=1S/C17H19BrFN/c1-11-4-5-12(2)16(6-11)17(20-3)9-13-7-14(18)10-15(19)8-13/h4-8,10,17,20H,9H2,1-3H3. The van der Waals surface area contributed by atoms with Gasteiger partial charge in [0.2, 0.25) is 0 Å². The first-order valence-electron chi connectivity index (χ1n) is 6.69. The van der Waals surface area contributed by atoms with Crippen LogP contribution in [0.25, 0.3) is 0 Å². The second-order valence-corrected chi connectivity index (χ2v) is 6.10. The third kappa shape index (κ3) is 3.68. The summed E-state index contributed by atoms with van der Waals surface area (Å²) in [5, 5.41) is 3.34. The molecule has 2 aromatic carbocycles. The van der Waals surface area contributed by atoms with Gasteiger partial charge in [-0.15, -0.1) is 0 Å². The predicted molar refractivity (Wildman–Crippen MR) is 85.5 cm³/mol. The van der Waals surface area contributed by atoms with E-state index in [9.17, 15) is 4.39 Å². The lowest BCUT2D eigenvalue weighted by Crippen LogP contribution is -2.20. The summed E-state index contributed by atoms with van der Waals surface area (Å²) in [6.07, 6.45) is 0.761. The van der Waals surface area contributed by atoms with Crippen LogP contribution in [-0.4, -0.2) is 7.05 Å². The molecule has 0 aromatic heterocycles. The van der Waals surface area contributed by atoms with Crippen LogP contribution in [0, 0.1) is 19.7 Å². The van der Waals surface area contributed by atoms with Crippen LogP contribution >= 0.6 is 15.9 Å². The third-order valence-corrected chi connectivity index (χ3v) is 3.98. The Kier molecular flexibility index (Phi) is 4.95. The molecular formula is C17H19BrFN. The summed E-state index contributed by atoms with van der Waals surface area (Å²) in [5.74, 6) is -0.204. The fourth-order valence-electron chi connectivity index (χ4n) is 2.47. The van der Waals surface area contributed by atoms with E-state index in [2.05, 4.69) is 53.3 Å². The summed E-state index contributed by atoms with van der Waals surface area (Å²) in [7, 11) is 1.95. The van der Waals surface area contributed by atoms with Gasteiger partial charge < -0.3 is 5.32 Å². The zero-order chi connectivity index (χ0) is 14.7. The molecule has 0 aliphatic rings. The molecule has 0 spiro atoms. The van der Waals surface area contributed by atoms with Crippen molar-refractivity contribution < 1.29 is 4.39 Å². The topological polar surface area (TPSA) is 12.0 Å². The maximum absolute atomic E-state index is 13.5. The maximum Gasteiger partial charge on any atom is 0.124 e. The van der Waals surface area contributed by atoms with Gasteiger partial charge in [-0.1, -0.05) is 39.7 Å². The molecule has 0 aliphatic heterocycles. The van der Waals surface area contributed by atoms with Crippen LogP contribution < -0.4 is 5.32 Å². The SMILES string of the molecule is CNC(Cc1cc(F)cc(Br)c1)c1cc(C)ccc1C. The molecule has 20 heavy (non-hydrogen) atoms. The average molecular weight is 336 g/mol. The molecule has 0 aliphatic carbocycles. The van der Waals surface area contributed by atoms with Gasteiger partial charge in [0.15, 0.2) is 0 Å². The molecule has 1 atom stereocenters. The van der Waals surface area contributed by atoms with Crippen molar-refractivity contribution in [2.75, 3.05) is 7.05 Å². The number of nitrogens with one attached hydrogen (secondary N) is 1. The fourth-order valence-corrected chi connectivity index (χ4v) is 2.98. The van der Waals surface area contributed by atoms with Gasteiger partial charge in [-0.05, 0) is 62.2 Å². The number of hydrogen-bond acceptors (Lipinski definition) is 1. The summed E-state index contributed by atoms with van der Waals surface area (Å²) >= 11 is 3.35. The first-order valence-corrected chi connectivity index (χ1v) is 7.48. The lowest BCUT2D eigenvalue weighted by Gasteiger charge is -2.20. The molecule has 1 unspecified atom stereocenters. The fraction of sp³-hybridized carbons (Fsp3) is 0.294. The van der Waals surface area contributed by atoms with Crippen LogP contribution in [0.1, 0.15) is 28.3 Å². The molecule has 0 bridgehead atoms. The van der Waals surface area contributed by atoms with Crippen LogP contribution in [0.4, 0.5) is 4.39 Å². The smallest absolute Gasteiger partial charge is 0.124 e. The summed E-state index contributed by atoms with van der Waals surface area (Å²) in [4.78, 5) is 0. The molecule has 106 valence electrons. The molecule has 0 saturated carbocycles. The molecule has 1 nitrogen and oxygen atoms in total. The van der Waals surface area contributed by atoms with Gasteiger partial charge in [0.1, 0.15) is 5.82 Å². The third-order valence-electron chi connectivity index (χ3n) is 3.52. The quantitative estimate of drug-likeness (QED) is 0.853. The van der Waals surface area contributed by atoms with Crippen molar-refractivity contribution in [1.29, 1.82) is 0 Å². The first kappa shape index (κ1) is 15.2. The normalized spacial score (nSPS) is 12.4. The van der Waals surface area contributed by atoms with E-state index < -0.39 is 0 Å². The Morgan fingerprint density at radius 3 is 2.55 bits per heavy atom. The summed E-state index contributed by atoms with van der Waals surface area (Å²) in [6.45, 7) is 4.20. The first-order chi connectivity index (χ1) is 9.49. The molecule has 2 rings (SSSR count). The highest BCUT2D eigenvalue weighted by molar-refractivity contribution is 9.10. The Labute approximate surface area is 128 Å². The number of halogens is 2. The van der Waals surface area contributed by atoms with E-state index in [4.69, 9.17) is 0 Å². The second kappa shape index (κ2) is 6.51. The van der Waals surface area contributed by atoms with E-state index in [1.165, 1.54) is 22.8 Å². The minimum atomic E-state index is -0.204. The van der Waals surface area contributed by atoms with Crippen LogP contribution in [0.2, 0.25) is 0 Å². The molecule has 0 radical (unpaired) electrons. The minimum Gasteiger partial charge on any atom is -0.313 e. The zero-order valence-corrected chi connectivity index (χ0v) is 13.6. The van der Waals surface area contributed by atoms with Gasteiger partial charge >= 0.3 is 0 Å². The van der Waals surface area contributed by atoms with Gasteiger partial charge in [0.25, 0.3) is 0 Å². The zero-order valence-electron chi connectivity index (χ0n) is 12.0. The molecule has 1 N–H and O–H groups in total. The lowest BCUT2D eigenvalue weighted by atomic mass is 9.94. The van der Waals surface area contributed by atoms with E-state index >= 15 is 0 Å². The lowest BCUT2D eigenvalue weighted by molar-refractivity contribution is 0.581. The number of aryl methyl sites for hydroxylation is 2. The van der Waals surface area contributed by atoms with Crippen molar-refractivity contribution in [3.8, 4) is 0 Å². The number of hydrogen-bond donors (Lipinski definition) is 1. The van der Waals surface area contributed by atoms with Crippen molar-refractivity contribution in [1.82, 2.24) is 5.32 Å². The molecule has 0 amide bonds. The van der Waals surface area contributed by atoms with E-state index in [-0.39, 0.29) is 11.9 Å². The number of rotatable bonds is 4. The van der Waals surface area contributed by atoms with E-state index in [0.29, 0.717) is 0 Å². The van der Waals surface area contributed by atoms with E-state index in [0.717, 1.165) is 16.5 Å². The second-order valence-electron chi connectivity index (χ2n) is 5.18. The Hall–Kier alpha value is -1.19. The highest BCUT2D eigenvalue weighted by Crippen LogP contribution is 2.24. The van der Waals surface area contributed by atoms with Gasteiger partial charge in [0, 0.05) is 10.5 Å². The predicted octanol–water partition coefficient (Wildman–Crippen LogP) is 4.71. The molecule has 3 heteroatoms. The van der Waals surface area contributed by atoms with Gasteiger partial charge in [-0.3, -0.25) is 0 Å². The molecular weight excluding hydrogens is 317 g/mol. The van der Waals surface area contributed by atoms with E-state index in [1.54, 1.807) is 6.07 Å². The minimum absolute atomic E-state index is 0.184. The Balaban J connectivity index is 2.31. The summed E-state index contributed by atoms with van der Waals surface area (Å²) in [5.41, 5.74) is 4.75. The van der Waals surface area contributed by atoms with Crippen molar-refractivity contribution in [2.24, 2.45) is 0 Å². The summed E-state index contributed by atoms with van der Waals surface area (Å²) in [6, 6.07) is 11.7. The van der Waals surface area contributed by atoms with Crippen LogP contribution in [-0.2, 0) is 6.42 Å². The number of benzene rings is 2. The Bertz CT molecular complexity index is 590. The van der Waals surface area contributed by atoms with E-state index in [1.807, 2.05) is 13.1 Å². The van der Waals surface area contributed by atoms with Gasteiger partial charge in [-0.2, -0.15) is 0 Å². The Morgan fingerprint density at radius 2 is 1.90 bits per heavy atom. The Morgan fingerprint density at radius 1 is 1.15 bits per heavy atom. The molecule has 0 fully saturated rings. The van der Waals surface area contributed by atoms with Crippen LogP contribution in [0.5, 0.6) is 0 Å². The van der Waals surface area contributed by atoms with Crippen molar-refractivity contribution >= 4 is 15.9 Å². The van der Waals surface area contributed by atoms with Gasteiger partial charge in [0.05, 0.1) is 0 Å². The average Bonchev–Trinajstić information content (AvgIpc) is 2.38. The number of likely N-dealkylation sites (N-methyl/N-ethyl adjacent to an activating group) is 1.